The molecule has 0 amide bonds. The van der Waals surface area contributed by atoms with Crippen molar-refractivity contribution in [3.63, 3.8) is 0 Å². The number of hydrogen-bond acceptors (Lipinski definition) is 3. The van der Waals surface area contributed by atoms with Crippen molar-refractivity contribution in [2.75, 3.05) is 7.05 Å². The van der Waals surface area contributed by atoms with Crippen LogP contribution in [0.25, 0.3) is 0 Å². The van der Waals surface area contributed by atoms with E-state index in [1.807, 2.05) is 7.05 Å². The molecule has 0 aliphatic rings. The molecule has 0 saturated heterocycles. The summed E-state index contributed by atoms with van der Waals surface area (Å²) in [5.74, 6) is 0. The molecular formula is C14H18N2S. The number of hydrogen-bond donors (Lipinski definition) is 1. The van der Waals surface area contributed by atoms with E-state index in [4.69, 9.17) is 0 Å². The number of aromatic nitrogens is 1. The lowest BCUT2D eigenvalue weighted by Gasteiger charge is -2.14. The van der Waals surface area contributed by atoms with Gasteiger partial charge in [0.25, 0.3) is 0 Å². The first-order valence-electron chi connectivity index (χ1n) is 5.79. The van der Waals surface area contributed by atoms with Crippen molar-refractivity contribution in [2.45, 2.75) is 26.8 Å². The Labute approximate surface area is 107 Å². The van der Waals surface area contributed by atoms with Gasteiger partial charge >= 0.3 is 0 Å². The van der Waals surface area contributed by atoms with E-state index in [0.29, 0.717) is 0 Å². The SMILES string of the molecule is CNC(c1ccc(C)cc1)c1nc(C)c(C)s1. The summed E-state index contributed by atoms with van der Waals surface area (Å²) in [4.78, 5) is 5.93. The van der Waals surface area contributed by atoms with E-state index in [0.717, 1.165) is 10.7 Å². The Kier molecular flexibility index (Phi) is 3.60. The molecule has 3 heteroatoms. The van der Waals surface area contributed by atoms with E-state index in [-0.39, 0.29) is 6.04 Å². The fourth-order valence-corrected chi connectivity index (χ4v) is 2.87. The maximum absolute atomic E-state index is 4.64. The number of benzene rings is 1. The van der Waals surface area contributed by atoms with Gasteiger partial charge in [-0.1, -0.05) is 29.8 Å². The van der Waals surface area contributed by atoms with Crippen LogP contribution in [0.2, 0.25) is 0 Å². The minimum Gasteiger partial charge on any atom is -0.307 e. The Morgan fingerprint density at radius 1 is 1.12 bits per heavy atom. The smallest absolute Gasteiger partial charge is 0.115 e. The fraction of sp³-hybridized carbons (Fsp3) is 0.357. The number of nitrogens with one attached hydrogen (secondary N) is 1. The molecule has 0 saturated carbocycles. The molecule has 0 radical (unpaired) electrons. The van der Waals surface area contributed by atoms with Crippen molar-refractivity contribution in [1.29, 1.82) is 0 Å². The third kappa shape index (κ3) is 2.56. The molecule has 1 heterocycles. The summed E-state index contributed by atoms with van der Waals surface area (Å²) in [6.07, 6.45) is 0. The Balaban J connectivity index is 2.36. The second-order valence-corrected chi connectivity index (χ2v) is 5.56. The third-order valence-corrected chi connectivity index (χ3v) is 4.13. The van der Waals surface area contributed by atoms with Gasteiger partial charge in [-0.05, 0) is 33.4 Å². The summed E-state index contributed by atoms with van der Waals surface area (Å²) in [6.45, 7) is 6.30. The first-order valence-corrected chi connectivity index (χ1v) is 6.61. The van der Waals surface area contributed by atoms with Gasteiger partial charge in [0.15, 0.2) is 0 Å². The summed E-state index contributed by atoms with van der Waals surface area (Å²) < 4.78 is 0. The molecule has 1 unspecified atom stereocenters. The highest BCUT2D eigenvalue weighted by molar-refractivity contribution is 7.11. The normalized spacial score (nSPS) is 12.7. The molecule has 0 aliphatic carbocycles. The van der Waals surface area contributed by atoms with E-state index < -0.39 is 0 Å². The van der Waals surface area contributed by atoms with Crippen LogP contribution in [0.3, 0.4) is 0 Å². The molecule has 2 aromatic rings. The van der Waals surface area contributed by atoms with E-state index in [9.17, 15) is 0 Å². The van der Waals surface area contributed by atoms with Crippen molar-refractivity contribution in [1.82, 2.24) is 10.3 Å². The number of nitrogens with zero attached hydrogens (tertiary/aromatic N) is 1. The molecule has 1 atom stereocenters. The molecule has 17 heavy (non-hydrogen) atoms. The van der Waals surface area contributed by atoms with E-state index in [1.54, 1.807) is 11.3 Å². The minimum absolute atomic E-state index is 0.202. The van der Waals surface area contributed by atoms with Crippen LogP contribution in [0.5, 0.6) is 0 Å². The summed E-state index contributed by atoms with van der Waals surface area (Å²) in [6, 6.07) is 8.83. The van der Waals surface area contributed by atoms with Crippen LogP contribution in [0, 0.1) is 20.8 Å². The largest absolute Gasteiger partial charge is 0.307 e. The van der Waals surface area contributed by atoms with E-state index in [1.165, 1.54) is 16.0 Å². The van der Waals surface area contributed by atoms with Gasteiger partial charge in [-0.15, -0.1) is 11.3 Å². The molecule has 0 bridgehead atoms. The van der Waals surface area contributed by atoms with Crippen LogP contribution in [-0.2, 0) is 0 Å². The van der Waals surface area contributed by atoms with Crippen LogP contribution in [0.15, 0.2) is 24.3 Å². The summed E-state index contributed by atoms with van der Waals surface area (Å²) in [7, 11) is 1.98. The van der Waals surface area contributed by atoms with Gasteiger partial charge in [-0.25, -0.2) is 4.98 Å². The van der Waals surface area contributed by atoms with E-state index in [2.05, 4.69) is 55.3 Å². The van der Waals surface area contributed by atoms with Crippen molar-refractivity contribution in [2.24, 2.45) is 0 Å². The zero-order chi connectivity index (χ0) is 12.4. The molecule has 1 aromatic heterocycles. The van der Waals surface area contributed by atoms with Gasteiger partial charge in [0.05, 0.1) is 11.7 Å². The molecule has 2 nitrogen and oxygen atoms in total. The molecule has 1 N–H and O–H groups in total. The predicted octanol–water partition coefficient (Wildman–Crippen LogP) is 3.38. The van der Waals surface area contributed by atoms with Gasteiger partial charge in [0, 0.05) is 4.88 Å². The zero-order valence-corrected chi connectivity index (χ0v) is 11.6. The first kappa shape index (κ1) is 12.3. The Morgan fingerprint density at radius 3 is 2.24 bits per heavy atom. The predicted molar refractivity (Wildman–Crippen MR) is 73.7 cm³/mol. The lowest BCUT2D eigenvalue weighted by Crippen LogP contribution is -2.17. The molecule has 1 aromatic carbocycles. The van der Waals surface area contributed by atoms with Crippen molar-refractivity contribution >= 4 is 11.3 Å². The number of rotatable bonds is 3. The maximum Gasteiger partial charge on any atom is 0.115 e. The van der Waals surface area contributed by atoms with Crippen molar-refractivity contribution < 1.29 is 0 Å². The van der Waals surface area contributed by atoms with Gasteiger partial charge in [-0.2, -0.15) is 0 Å². The highest BCUT2D eigenvalue weighted by Crippen LogP contribution is 2.27. The third-order valence-electron chi connectivity index (χ3n) is 2.99. The average Bonchev–Trinajstić information content (AvgIpc) is 2.63. The first-order chi connectivity index (χ1) is 8.11. The highest BCUT2D eigenvalue weighted by Gasteiger charge is 2.16. The monoisotopic (exact) mass is 246 g/mol. The quantitative estimate of drug-likeness (QED) is 0.898. The molecule has 90 valence electrons. The van der Waals surface area contributed by atoms with Crippen molar-refractivity contribution in [3.8, 4) is 0 Å². The minimum atomic E-state index is 0.202. The lowest BCUT2D eigenvalue weighted by atomic mass is 10.1. The van der Waals surface area contributed by atoms with E-state index >= 15 is 0 Å². The molecule has 0 spiro atoms. The standard InChI is InChI=1S/C14H18N2S/c1-9-5-7-12(8-6-9)13(15-4)14-16-10(2)11(3)17-14/h5-8,13,15H,1-4H3. The van der Waals surface area contributed by atoms with Crippen LogP contribution in [0.4, 0.5) is 0 Å². The molecule has 2 rings (SSSR count). The van der Waals surface area contributed by atoms with Crippen LogP contribution in [0.1, 0.15) is 32.7 Å². The second kappa shape index (κ2) is 4.98. The van der Waals surface area contributed by atoms with Crippen LogP contribution in [-0.4, -0.2) is 12.0 Å². The highest BCUT2D eigenvalue weighted by atomic mass is 32.1. The molecule has 0 aliphatic heterocycles. The molecular weight excluding hydrogens is 228 g/mol. The Bertz CT molecular complexity index is 480. The zero-order valence-electron chi connectivity index (χ0n) is 10.7. The lowest BCUT2D eigenvalue weighted by molar-refractivity contribution is 0.684. The Hall–Kier alpha value is -1.19. The fourth-order valence-electron chi connectivity index (χ4n) is 1.81. The summed E-state index contributed by atoms with van der Waals surface area (Å²) in [5.41, 5.74) is 3.69. The van der Waals surface area contributed by atoms with Gasteiger partial charge in [0.1, 0.15) is 5.01 Å². The summed E-state index contributed by atoms with van der Waals surface area (Å²) >= 11 is 1.77. The van der Waals surface area contributed by atoms with Crippen LogP contribution >= 0.6 is 11.3 Å². The van der Waals surface area contributed by atoms with Gasteiger partial charge < -0.3 is 5.32 Å². The number of thiazole rings is 1. The molecule has 0 fully saturated rings. The van der Waals surface area contributed by atoms with Crippen LogP contribution < -0.4 is 5.32 Å². The summed E-state index contributed by atoms with van der Waals surface area (Å²) in [5, 5.41) is 4.49. The average molecular weight is 246 g/mol. The Morgan fingerprint density at radius 2 is 1.76 bits per heavy atom. The number of aryl methyl sites for hydroxylation is 3. The maximum atomic E-state index is 4.64. The van der Waals surface area contributed by atoms with Crippen molar-refractivity contribution in [3.05, 3.63) is 51.0 Å². The second-order valence-electron chi connectivity index (χ2n) is 4.33. The topological polar surface area (TPSA) is 24.9 Å². The van der Waals surface area contributed by atoms with Gasteiger partial charge in [0.2, 0.25) is 0 Å². The van der Waals surface area contributed by atoms with Gasteiger partial charge in [-0.3, -0.25) is 0 Å².